The third kappa shape index (κ3) is 7.79. The van der Waals surface area contributed by atoms with Crippen molar-refractivity contribution in [1.82, 2.24) is 10.2 Å². The van der Waals surface area contributed by atoms with Crippen molar-refractivity contribution in [3.05, 3.63) is 0 Å². The molecule has 1 aliphatic heterocycles. The molecule has 1 amide bonds. The Morgan fingerprint density at radius 3 is 2.71 bits per heavy atom. The van der Waals surface area contributed by atoms with Crippen LogP contribution in [0.2, 0.25) is 0 Å². The number of carbonyl (C=O) groups excluding carboxylic acids is 1. The van der Waals surface area contributed by atoms with Gasteiger partial charge in [-0.1, -0.05) is 39.0 Å². The number of ether oxygens (including phenoxy) is 1. The van der Waals surface area contributed by atoms with Gasteiger partial charge in [-0.2, -0.15) is 0 Å². The molecule has 5 heteroatoms. The molecule has 2 N–H and O–H groups in total. The fraction of sp³-hybridized carbons (Fsp3) is 0.938. The van der Waals surface area contributed by atoms with Crippen LogP contribution in [-0.2, 0) is 9.53 Å². The van der Waals surface area contributed by atoms with E-state index in [-0.39, 0.29) is 11.9 Å². The lowest BCUT2D eigenvalue weighted by Gasteiger charge is -2.16. The van der Waals surface area contributed by atoms with E-state index in [0.717, 1.165) is 19.4 Å². The number of carbonyl (C=O) groups is 1. The number of aliphatic hydroxyl groups excluding tert-OH is 1. The van der Waals surface area contributed by atoms with E-state index >= 15 is 0 Å². The Labute approximate surface area is 129 Å². The molecule has 0 bridgehead atoms. The van der Waals surface area contributed by atoms with E-state index in [1.807, 2.05) is 7.05 Å². The number of unbranched alkanes of at least 4 members (excludes halogenated alkanes) is 5. The highest BCUT2D eigenvalue weighted by Crippen LogP contribution is 2.08. The predicted molar refractivity (Wildman–Crippen MR) is 84.2 cm³/mol. The molecule has 0 aromatic rings. The van der Waals surface area contributed by atoms with Crippen LogP contribution in [0.5, 0.6) is 0 Å². The lowest BCUT2D eigenvalue weighted by atomic mass is 10.1. The monoisotopic (exact) mass is 300 g/mol. The van der Waals surface area contributed by atoms with Crippen LogP contribution in [-0.4, -0.2) is 61.4 Å². The summed E-state index contributed by atoms with van der Waals surface area (Å²) in [5.41, 5.74) is 0. The summed E-state index contributed by atoms with van der Waals surface area (Å²) in [5.74, 6) is 0.121. The Hall–Kier alpha value is -0.650. The van der Waals surface area contributed by atoms with Gasteiger partial charge in [-0.3, -0.25) is 4.79 Å². The molecule has 124 valence electrons. The fourth-order valence-corrected chi connectivity index (χ4v) is 2.55. The topological polar surface area (TPSA) is 61.8 Å². The highest BCUT2D eigenvalue weighted by atomic mass is 16.5. The quantitative estimate of drug-likeness (QED) is 0.537. The number of amides is 1. The average molecular weight is 300 g/mol. The maximum atomic E-state index is 11.7. The van der Waals surface area contributed by atoms with Gasteiger partial charge in [-0.25, -0.2) is 0 Å². The van der Waals surface area contributed by atoms with Gasteiger partial charge < -0.3 is 20.1 Å². The highest BCUT2D eigenvalue weighted by Gasteiger charge is 2.28. The van der Waals surface area contributed by atoms with Gasteiger partial charge in [0.05, 0.1) is 18.8 Å². The van der Waals surface area contributed by atoms with Crippen LogP contribution in [0, 0.1) is 0 Å². The number of aliphatic hydroxyl groups is 1. The zero-order chi connectivity index (χ0) is 15.5. The van der Waals surface area contributed by atoms with Crippen molar-refractivity contribution in [2.75, 3.05) is 33.4 Å². The third-order valence-corrected chi connectivity index (χ3v) is 3.98. The van der Waals surface area contributed by atoms with E-state index in [9.17, 15) is 9.90 Å². The van der Waals surface area contributed by atoms with Crippen molar-refractivity contribution in [1.29, 1.82) is 0 Å². The average Bonchev–Trinajstić information content (AvgIpc) is 2.79. The van der Waals surface area contributed by atoms with Crippen molar-refractivity contribution >= 4 is 5.91 Å². The van der Waals surface area contributed by atoms with Gasteiger partial charge in [-0.15, -0.1) is 0 Å². The zero-order valence-corrected chi connectivity index (χ0v) is 13.6. The summed E-state index contributed by atoms with van der Waals surface area (Å²) in [6.07, 6.45) is 7.73. The van der Waals surface area contributed by atoms with Crippen LogP contribution in [0.15, 0.2) is 0 Å². The molecule has 2 unspecified atom stereocenters. The van der Waals surface area contributed by atoms with Gasteiger partial charge in [0.1, 0.15) is 0 Å². The van der Waals surface area contributed by atoms with Crippen LogP contribution in [0.1, 0.15) is 51.9 Å². The maximum absolute atomic E-state index is 11.7. The molecule has 0 radical (unpaired) electrons. The molecule has 2 atom stereocenters. The summed E-state index contributed by atoms with van der Waals surface area (Å²) < 4.78 is 5.48. The molecule has 1 aliphatic rings. The first kappa shape index (κ1) is 18.4. The van der Waals surface area contributed by atoms with E-state index in [4.69, 9.17) is 4.74 Å². The molecule has 0 aliphatic carbocycles. The van der Waals surface area contributed by atoms with Crippen molar-refractivity contribution < 1.29 is 14.6 Å². The molecule has 5 nitrogen and oxygen atoms in total. The Morgan fingerprint density at radius 1 is 1.33 bits per heavy atom. The minimum atomic E-state index is -0.538. The third-order valence-electron chi connectivity index (χ3n) is 3.98. The van der Waals surface area contributed by atoms with Gasteiger partial charge in [0.15, 0.2) is 0 Å². The minimum Gasteiger partial charge on any atom is -0.389 e. The SMILES string of the molecule is CCCCCCCCOCC(O)CNC1CCN(C)C1=O. The van der Waals surface area contributed by atoms with E-state index in [0.29, 0.717) is 19.8 Å². The molecule has 1 heterocycles. The normalized spacial score (nSPS) is 20.2. The number of nitrogens with one attached hydrogen (secondary N) is 1. The largest absolute Gasteiger partial charge is 0.389 e. The molecule has 0 aromatic carbocycles. The Balaban J connectivity index is 1.92. The van der Waals surface area contributed by atoms with E-state index in [2.05, 4.69) is 12.2 Å². The molecule has 21 heavy (non-hydrogen) atoms. The number of likely N-dealkylation sites (tertiary alicyclic amines) is 1. The van der Waals surface area contributed by atoms with Gasteiger partial charge in [0.2, 0.25) is 5.91 Å². The molecule has 1 fully saturated rings. The Bertz CT molecular complexity index is 287. The number of hydrogen-bond donors (Lipinski definition) is 2. The summed E-state index contributed by atoms with van der Waals surface area (Å²) in [6.45, 7) is 4.49. The summed E-state index contributed by atoms with van der Waals surface area (Å²) in [4.78, 5) is 13.4. The zero-order valence-electron chi connectivity index (χ0n) is 13.6. The second-order valence-corrected chi connectivity index (χ2v) is 6.01. The smallest absolute Gasteiger partial charge is 0.239 e. The van der Waals surface area contributed by atoms with Gasteiger partial charge in [0.25, 0.3) is 0 Å². The predicted octanol–water partition coefficient (Wildman–Crippen LogP) is 1.54. The van der Waals surface area contributed by atoms with Crippen molar-refractivity contribution in [2.24, 2.45) is 0 Å². The molecule has 0 spiro atoms. The summed E-state index contributed by atoms with van der Waals surface area (Å²) in [5, 5.41) is 12.9. The Kier molecular flexibility index (Phi) is 9.63. The summed E-state index contributed by atoms with van der Waals surface area (Å²) >= 11 is 0. The molecule has 0 saturated carbocycles. The van der Waals surface area contributed by atoms with Crippen LogP contribution < -0.4 is 5.32 Å². The van der Waals surface area contributed by atoms with Gasteiger partial charge in [0, 0.05) is 26.7 Å². The lowest BCUT2D eigenvalue weighted by Crippen LogP contribution is -2.41. The van der Waals surface area contributed by atoms with E-state index in [1.54, 1.807) is 4.90 Å². The standard InChI is InChI=1S/C16H32N2O3/c1-3-4-5-6-7-8-11-21-13-14(19)12-17-15-9-10-18(2)16(15)20/h14-15,17,19H,3-13H2,1-2H3. The second kappa shape index (κ2) is 11.0. The fourth-order valence-electron chi connectivity index (χ4n) is 2.55. The van der Waals surface area contributed by atoms with Crippen LogP contribution in [0.3, 0.4) is 0 Å². The first-order valence-corrected chi connectivity index (χ1v) is 8.39. The molecule has 1 saturated heterocycles. The van der Waals surface area contributed by atoms with Crippen LogP contribution in [0.4, 0.5) is 0 Å². The number of likely N-dealkylation sites (N-methyl/N-ethyl adjacent to an activating group) is 1. The highest BCUT2D eigenvalue weighted by molar-refractivity contribution is 5.83. The number of nitrogens with zero attached hydrogens (tertiary/aromatic N) is 1. The minimum absolute atomic E-state index is 0.121. The summed E-state index contributed by atoms with van der Waals surface area (Å²) in [6, 6.07) is -0.136. The first-order chi connectivity index (χ1) is 10.1. The Morgan fingerprint density at radius 2 is 2.05 bits per heavy atom. The van der Waals surface area contributed by atoms with E-state index in [1.165, 1.54) is 32.1 Å². The van der Waals surface area contributed by atoms with Gasteiger partial charge in [-0.05, 0) is 12.8 Å². The summed E-state index contributed by atoms with van der Waals surface area (Å²) in [7, 11) is 1.81. The van der Waals surface area contributed by atoms with Gasteiger partial charge >= 0.3 is 0 Å². The van der Waals surface area contributed by atoms with Crippen molar-refractivity contribution in [3.63, 3.8) is 0 Å². The first-order valence-electron chi connectivity index (χ1n) is 8.39. The molecule has 1 rings (SSSR count). The molecular formula is C16H32N2O3. The lowest BCUT2D eigenvalue weighted by molar-refractivity contribution is -0.128. The maximum Gasteiger partial charge on any atom is 0.239 e. The second-order valence-electron chi connectivity index (χ2n) is 6.01. The van der Waals surface area contributed by atoms with Crippen molar-refractivity contribution in [3.8, 4) is 0 Å². The molecule has 0 aromatic heterocycles. The van der Waals surface area contributed by atoms with E-state index < -0.39 is 6.10 Å². The number of hydrogen-bond acceptors (Lipinski definition) is 4. The van der Waals surface area contributed by atoms with Crippen molar-refractivity contribution in [2.45, 2.75) is 64.0 Å². The van der Waals surface area contributed by atoms with Crippen LogP contribution >= 0.6 is 0 Å². The van der Waals surface area contributed by atoms with Crippen LogP contribution in [0.25, 0.3) is 0 Å². The molecular weight excluding hydrogens is 268 g/mol. The number of rotatable bonds is 12.